The third-order valence-electron chi connectivity index (χ3n) is 2.95. The van der Waals surface area contributed by atoms with Crippen molar-refractivity contribution in [1.29, 1.82) is 0 Å². The zero-order valence-electron chi connectivity index (χ0n) is 11.1. The van der Waals surface area contributed by atoms with Crippen molar-refractivity contribution in [2.24, 2.45) is 0 Å². The van der Waals surface area contributed by atoms with Gasteiger partial charge in [0.15, 0.2) is 0 Å². The predicted molar refractivity (Wildman–Crippen MR) is 78.2 cm³/mol. The number of nitrogens with zero attached hydrogens (tertiary/aromatic N) is 2. The second-order valence-electron chi connectivity index (χ2n) is 4.46. The molecule has 19 heavy (non-hydrogen) atoms. The van der Waals surface area contributed by atoms with E-state index in [1.54, 1.807) is 16.2 Å². The summed E-state index contributed by atoms with van der Waals surface area (Å²) in [6.45, 7) is 4.31. The lowest BCUT2D eigenvalue weighted by molar-refractivity contribution is -0.129. The smallest absolute Gasteiger partial charge is 0.227 e. The molecule has 0 bridgehead atoms. The second kappa shape index (κ2) is 5.88. The Morgan fingerprint density at radius 2 is 2.26 bits per heavy atom. The standard InChI is InChI=1S/C13H15BrN2O2S/c1-8-12(9(2)18-15-8)5-13(17)16(3)6-11-4-10(14)7-19-11/h4,7H,5-6H2,1-3H3. The van der Waals surface area contributed by atoms with Gasteiger partial charge in [0.2, 0.25) is 5.91 Å². The fraction of sp³-hybridized carbons (Fsp3) is 0.385. The number of hydrogen-bond donors (Lipinski definition) is 0. The van der Waals surface area contributed by atoms with Crippen molar-refractivity contribution >= 4 is 33.2 Å². The van der Waals surface area contributed by atoms with E-state index in [1.165, 1.54) is 0 Å². The molecule has 2 aromatic rings. The summed E-state index contributed by atoms with van der Waals surface area (Å²) in [5, 5.41) is 5.88. The van der Waals surface area contributed by atoms with E-state index in [0.717, 1.165) is 26.4 Å². The van der Waals surface area contributed by atoms with Crippen molar-refractivity contribution in [1.82, 2.24) is 10.1 Å². The maximum Gasteiger partial charge on any atom is 0.227 e. The van der Waals surface area contributed by atoms with Crippen LogP contribution in [0.25, 0.3) is 0 Å². The first-order chi connectivity index (χ1) is 8.97. The molecule has 6 heteroatoms. The lowest BCUT2D eigenvalue weighted by Crippen LogP contribution is -2.27. The van der Waals surface area contributed by atoms with Crippen molar-refractivity contribution in [3.63, 3.8) is 0 Å². The second-order valence-corrected chi connectivity index (χ2v) is 6.37. The maximum absolute atomic E-state index is 12.2. The highest BCUT2D eigenvalue weighted by Gasteiger charge is 2.16. The van der Waals surface area contributed by atoms with Crippen LogP contribution in [0.2, 0.25) is 0 Å². The summed E-state index contributed by atoms with van der Waals surface area (Å²) in [6, 6.07) is 2.03. The van der Waals surface area contributed by atoms with E-state index in [1.807, 2.05) is 32.3 Å². The van der Waals surface area contributed by atoms with Crippen LogP contribution in [0.4, 0.5) is 0 Å². The third-order valence-corrected chi connectivity index (χ3v) is 4.63. The Balaban J connectivity index is 2.00. The van der Waals surface area contributed by atoms with Crippen molar-refractivity contribution in [2.75, 3.05) is 7.05 Å². The van der Waals surface area contributed by atoms with Crippen molar-refractivity contribution < 1.29 is 9.32 Å². The zero-order valence-corrected chi connectivity index (χ0v) is 13.5. The summed E-state index contributed by atoms with van der Waals surface area (Å²) >= 11 is 5.05. The largest absolute Gasteiger partial charge is 0.361 e. The molecular formula is C13H15BrN2O2S. The first-order valence-electron chi connectivity index (χ1n) is 5.86. The van der Waals surface area contributed by atoms with Gasteiger partial charge in [0.05, 0.1) is 18.7 Å². The summed E-state index contributed by atoms with van der Waals surface area (Å²) < 4.78 is 6.13. The van der Waals surface area contributed by atoms with Crippen LogP contribution in [-0.4, -0.2) is 23.0 Å². The van der Waals surface area contributed by atoms with E-state index in [0.29, 0.717) is 13.0 Å². The van der Waals surface area contributed by atoms with Crippen molar-refractivity contribution in [3.8, 4) is 0 Å². The number of likely N-dealkylation sites (N-methyl/N-ethyl adjacent to an activating group) is 1. The average Bonchev–Trinajstić information content (AvgIpc) is 2.89. The van der Waals surface area contributed by atoms with Crippen LogP contribution in [0.5, 0.6) is 0 Å². The Hall–Kier alpha value is -1.14. The molecule has 0 aromatic carbocycles. The Morgan fingerprint density at radius 1 is 1.53 bits per heavy atom. The van der Waals surface area contributed by atoms with E-state index in [-0.39, 0.29) is 5.91 Å². The number of aromatic nitrogens is 1. The van der Waals surface area contributed by atoms with Gasteiger partial charge in [-0.05, 0) is 35.8 Å². The Kier molecular flexibility index (Phi) is 4.42. The molecule has 0 aliphatic heterocycles. The van der Waals surface area contributed by atoms with E-state index >= 15 is 0 Å². The van der Waals surface area contributed by atoms with Gasteiger partial charge in [-0.3, -0.25) is 4.79 Å². The van der Waals surface area contributed by atoms with E-state index in [4.69, 9.17) is 4.52 Å². The molecule has 0 unspecified atom stereocenters. The molecule has 4 nitrogen and oxygen atoms in total. The average molecular weight is 343 g/mol. The summed E-state index contributed by atoms with van der Waals surface area (Å²) in [7, 11) is 1.81. The van der Waals surface area contributed by atoms with Gasteiger partial charge in [0, 0.05) is 27.3 Å². The van der Waals surface area contributed by atoms with Gasteiger partial charge in [-0.25, -0.2) is 0 Å². The number of thiophene rings is 1. The molecule has 0 atom stereocenters. The number of amides is 1. The number of halogens is 1. The first-order valence-corrected chi connectivity index (χ1v) is 7.53. The highest BCUT2D eigenvalue weighted by atomic mass is 79.9. The fourth-order valence-corrected chi connectivity index (χ4v) is 3.30. The third kappa shape index (κ3) is 3.45. The minimum atomic E-state index is 0.0684. The molecule has 0 aliphatic rings. The summed E-state index contributed by atoms with van der Waals surface area (Å²) in [5.41, 5.74) is 1.68. The van der Waals surface area contributed by atoms with Gasteiger partial charge < -0.3 is 9.42 Å². The van der Waals surface area contributed by atoms with E-state index in [9.17, 15) is 4.79 Å². The fourth-order valence-electron chi connectivity index (χ4n) is 1.80. The minimum Gasteiger partial charge on any atom is -0.361 e. The quantitative estimate of drug-likeness (QED) is 0.856. The van der Waals surface area contributed by atoms with Crippen LogP contribution in [0.1, 0.15) is 21.9 Å². The van der Waals surface area contributed by atoms with Crippen LogP contribution in [0.15, 0.2) is 20.4 Å². The highest BCUT2D eigenvalue weighted by Crippen LogP contribution is 2.21. The van der Waals surface area contributed by atoms with Crippen LogP contribution in [0, 0.1) is 13.8 Å². The molecule has 2 aromatic heterocycles. The molecule has 0 saturated heterocycles. The minimum absolute atomic E-state index is 0.0684. The Bertz CT molecular complexity index is 572. The van der Waals surface area contributed by atoms with Gasteiger partial charge in [0.1, 0.15) is 5.76 Å². The first kappa shape index (κ1) is 14.3. The topological polar surface area (TPSA) is 46.3 Å². The normalized spacial score (nSPS) is 10.7. The molecule has 2 heterocycles. The Labute approximate surface area is 124 Å². The predicted octanol–water partition coefficient (Wildman–Crippen LogP) is 3.32. The van der Waals surface area contributed by atoms with Gasteiger partial charge in [-0.2, -0.15) is 0 Å². The molecule has 0 aliphatic carbocycles. The van der Waals surface area contributed by atoms with Gasteiger partial charge >= 0.3 is 0 Å². The molecule has 0 fully saturated rings. The monoisotopic (exact) mass is 342 g/mol. The maximum atomic E-state index is 12.2. The van der Waals surface area contributed by atoms with E-state index < -0.39 is 0 Å². The molecule has 1 amide bonds. The van der Waals surface area contributed by atoms with Crippen LogP contribution < -0.4 is 0 Å². The molecule has 0 N–H and O–H groups in total. The van der Waals surface area contributed by atoms with Crippen LogP contribution >= 0.6 is 27.3 Å². The van der Waals surface area contributed by atoms with E-state index in [2.05, 4.69) is 21.1 Å². The lowest BCUT2D eigenvalue weighted by Gasteiger charge is -2.16. The van der Waals surface area contributed by atoms with Crippen molar-refractivity contribution in [2.45, 2.75) is 26.8 Å². The van der Waals surface area contributed by atoms with Gasteiger partial charge in [-0.1, -0.05) is 5.16 Å². The summed E-state index contributed by atoms with van der Waals surface area (Å²) in [6.07, 6.45) is 0.338. The molecule has 102 valence electrons. The number of carbonyl (C=O) groups is 1. The van der Waals surface area contributed by atoms with Crippen LogP contribution in [-0.2, 0) is 17.8 Å². The molecule has 0 spiro atoms. The molecule has 0 radical (unpaired) electrons. The number of carbonyl (C=O) groups excluding carboxylic acids is 1. The van der Waals surface area contributed by atoms with Crippen molar-refractivity contribution in [3.05, 3.63) is 37.8 Å². The SMILES string of the molecule is Cc1noc(C)c1CC(=O)N(C)Cc1cc(Br)cs1. The number of rotatable bonds is 4. The number of aryl methyl sites for hydroxylation is 2. The Morgan fingerprint density at radius 3 is 2.79 bits per heavy atom. The summed E-state index contributed by atoms with van der Waals surface area (Å²) in [5.74, 6) is 0.789. The molecule has 2 rings (SSSR count). The lowest BCUT2D eigenvalue weighted by atomic mass is 10.1. The van der Waals surface area contributed by atoms with Gasteiger partial charge in [-0.15, -0.1) is 11.3 Å². The molecular weight excluding hydrogens is 328 g/mol. The molecule has 0 saturated carbocycles. The van der Waals surface area contributed by atoms with Gasteiger partial charge in [0.25, 0.3) is 0 Å². The summed E-state index contributed by atoms with van der Waals surface area (Å²) in [4.78, 5) is 15.1. The highest BCUT2D eigenvalue weighted by molar-refractivity contribution is 9.10. The number of hydrogen-bond acceptors (Lipinski definition) is 4. The zero-order chi connectivity index (χ0) is 14.0. The van der Waals surface area contributed by atoms with Crippen LogP contribution in [0.3, 0.4) is 0 Å².